The molecule has 0 aromatic carbocycles. The zero-order chi connectivity index (χ0) is 37.4. The largest absolute Gasteiger partial charge is 0.393 e. The van der Waals surface area contributed by atoms with Gasteiger partial charge < -0.3 is 104 Å². The second kappa shape index (κ2) is 17.1. The molecule has 0 aromatic heterocycles. The van der Waals surface area contributed by atoms with E-state index in [1.165, 1.54) is 19.9 Å². The van der Waals surface area contributed by atoms with Crippen LogP contribution in [0.4, 0.5) is 0 Å². The summed E-state index contributed by atoms with van der Waals surface area (Å²) in [6, 6.07) is 0. The molecule has 5 rings (SSSR count). The van der Waals surface area contributed by atoms with Gasteiger partial charge in [0.1, 0.15) is 85.0 Å². The lowest BCUT2D eigenvalue weighted by Crippen LogP contribution is -2.66. The van der Waals surface area contributed by atoms with E-state index in [-0.39, 0.29) is 6.61 Å². The molecule has 51 heavy (non-hydrogen) atoms. The molecule has 21 atom stereocenters. The normalized spacial score (nSPS) is 52.5. The van der Waals surface area contributed by atoms with Crippen LogP contribution in [0.1, 0.15) is 13.8 Å². The summed E-state index contributed by atoms with van der Waals surface area (Å²) >= 11 is 0. The molecule has 0 saturated carbocycles. The van der Waals surface area contributed by atoms with Crippen molar-refractivity contribution in [2.45, 2.75) is 142 Å². The number of aliphatic hydroxyl groups excluding tert-OH is 10. The molecule has 0 bridgehead atoms. The third-order valence-corrected chi connectivity index (χ3v) is 9.54. The highest BCUT2D eigenvalue weighted by molar-refractivity contribution is 4.98. The molecule has 21 nitrogen and oxygen atoms in total. The highest BCUT2D eigenvalue weighted by Crippen LogP contribution is 2.36. The van der Waals surface area contributed by atoms with Crippen molar-refractivity contribution in [1.29, 1.82) is 0 Å². The van der Waals surface area contributed by atoms with E-state index >= 15 is 0 Å². The number of hydrogen-bond donors (Lipinski definition) is 11. The summed E-state index contributed by atoms with van der Waals surface area (Å²) in [6.07, 6.45) is -29.2. The standard InChI is InChI=1S/C30H50O21/c1-4-5-42-28-23(16(36)14(34)10(2)46-28)51-27-19(39)22(50-29-24(40)30(41,8-31)9-45-29)20(11(3)47-27)48-26-18(38)21(13(33)7-44-26)49-25-17(37)15(35)12(32)6-43-25/h4,10-29,31-41H,1,5-9H2,2-3H3/t10-,11+,12+,13-,14+,15+,16+,17-,18-,19-,20+,21+,22+,23-,24+,25+,26+,27+,28+,29+,30-/m1/s1. The molecule has 0 unspecified atom stereocenters. The van der Waals surface area contributed by atoms with Crippen molar-refractivity contribution in [1.82, 2.24) is 0 Å². The van der Waals surface area contributed by atoms with Crippen molar-refractivity contribution in [3.63, 3.8) is 0 Å². The van der Waals surface area contributed by atoms with Gasteiger partial charge in [0.05, 0.1) is 45.2 Å². The van der Waals surface area contributed by atoms with E-state index in [1.807, 2.05) is 0 Å². The summed E-state index contributed by atoms with van der Waals surface area (Å²) in [6.45, 7) is 4.13. The number of hydrogen-bond acceptors (Lipinski definition) is 21. The van der Waals surface area contributed by atoms with Gasteiger partial charge in [-0.15, -0.1) is 6.58 Å². The predicted octanol–water partition coefficient (Wildman–Crippen LogP) is -6.74. The van der Waals surface area contributed by atoms with Crippen LogP contribution in [-0.4, -0.2) is 218 Å². The highest BCUT2D eigenvalue weighted by Gasteiger charge is 2.56. The van der Waals surface area contributed by atoms with E-state index in [2.05, 4.69) is 6.58 Å². The molecule has 0 aliphatic carbocycles. The average molecular weight is 747 g/mol. The van der Waals surface area contributed by atoms with Gasteiger partial charge in [-0.3, -0.25) is 0 Å². The molecule has 0 radical (unpaired) electrons. The molecule has 296 valence electrons. The van der Waals surface area contributed by atoms with Gasteiger partial charge >= 0.3 is 0 Å². The van der Waals surface area contributed by atoms with Crippen LogP contribution in [0.2, 0.25) is 0 Å². The molecule has 0 spiro atoms. The second-order valence-corrected chi connectivity index (χ2v) is 13.3. The Morgan fingerprint density at radius 2 is 1.18 bits per heavy atom. The van der Waals surface area contributed by atoms with Crippen molar-refractivity contribution < 1.29 is 104 Å². The van der Waals surface area contributed by atoms with E-state index in [4.69, 9.17) is 47.4 Å². The average Bonchev–Trinajstić information content (AvgIpc) is 3.39. The van der Waals surface area contributed by atoms with Crippen LogP contribution >= 0.6 is 0 Å². The first-order valence-electron chi connectivity index (χ1n) is 16.6. The Morgan fingerprint density at radius 3 is 1.82 bits per heavy atom. The Morgan fingerprint density at radius 1 is 0.608 bits per heavy atom. The van der Waals surface area contributed by atoms with Gasteiger partial charge in [0, 0.05) is 0 Å². The minimum absolute atomic E-state index is 0.0334. The maximum atomic E-state index is 11.6. The van der Waals surface area contributed by atoms with Crippen molar-refractivity contribution in [2.24, 2.45) is 0 Å². The minimum atomic E-state index is -2.12. The lowest BCUT2D eigenvalue weighted by atomic mass is 9.96. The Balaban J connectivity index is 1.36. The maximum absolute atomic E-state index is 11.6. The quantitative estimate of drug-likeness (QED) is 0.0827. The predicted molar refractivity (Wildman–Crippen MR) is 160 cm³/mol. The van der Waals surface area contributed by atoms with Crippen molar-refractivity contribution in [3.05, 3.63) is 12.7 Å². The molecular weight excluding hydrogens is 696 g/mol. The van der Waals surface area contributed by atoms with E-state index in [9.17, 15) is 56.2 Å². The molecule has 5 aliphatic rings. The van der Waals surface area contributed by atoms with Gasteiger partial charge in [-0.25, -0.2) is 0 Å². The minimum Gasteiger partial charge on any atom is -0.393 e. The molecule has 11 N–H and O–H groups in total. The van der Waals surface area contributed by atoms with Gasteiger partial charge in [0.25, 0.3) is 0 Å². The van der Waals surface area contributed by atoms with Crippen LogP contribution in [0.25, 0.3) is 0 Å². The first kappa shape index (κ1) is 41.1. The molecule has 5 aliphatic heterocycles. The molecule has 5 heterocycles. The van der Waals surface area contributed by atoms with Crippen LogP contribution in [0, 0.1) is 0 Å². The highest BCUT2D eigenvalue weighted by atomic mass is 16.8. The van der Waals surface area contributed by atoms with Gasteiger partial charge in [-0.2, -0.15) is 0 Å². The van der Waals surface area contributed by atoms with Gasteiger partial charge in [-0.05, 0) is 13.8 Å². The zero-order valence-electron chi connectivity index (χ0n) is 27.9. The fraction of sp³-hybridized carbons (Fsp3) is 0.933. The summed E-state index contributed by atoms with van der Waals surface area (Å²) in [5.41, 5.74) is -2.12. The molecule has 5 saturated heterocycles. The summed E-state index contributed by atoms with van der Waals surface area (Å²) in [5, 5.41) is 116. The maximum Gasteiger partial charge on any atom is 0.187 e. The number of ether oxygens (including phenoxy) is 10. The first-order valence-corrected chi connectivity index (χ1v) is 16.6. The van der Waals surface area contributed by atoms with Crippen LogP contribution in [-0.2, 0) is 47.4 Å². The van der Waals surface area contributed by atoms with E-state index < -0.39 is 155 Å². The van der Waals surface area contributed by atoms with Crippen LogP contribution in [0.3, 0.4) is 0 Å². The van der Waals surface area contributed by atoms with E-state index in [0.29, 0.717) is 0 Å². The summed E-state index contributed by atoms with van der Waals surface area (Å²) in [4.78, 5) is 0. The third kappa shape index (κ3) is 8.59. The van der Waals surface area contributed by atoms with Crippen molar-refractivity contribution in [3.8, 4) is 0 Å². The van der Waals surface area contributed by atoms with Crippen LogP contribution < -0.4 is 0 Å². The molecule has 21 heteroatoms. The third-order valence-electron chi connectivity index (χ3n) is 9.54. The first-order chi connectivity index (χ1) is 24.1. The summed E-state index contributed by atoms with van der Waals surface area (Å²) in [7, 11) is 0. The Hall–Kier alpha value is -1.10. The zero-order valence-corrected chi connectivity index (χ0v) is 27.9. The molecule has 5 fully saturated rings. The van der Waals surface area contributed by atoms with Crippen LogP contribution in [0.5, 0.6) is 0 Å². The number of aliphatic hydroxyl groups is 11. The van der Waals surface area contributed by atoms with Crippen molar-refractivity contribution in [2.75, 3.05) is 33.0 Å². The van der Waals surface area contributed by atoms with E-state index in [0.717, 1.165) is 0 Å². The smallest absolute Gasteiger partial charge is 0.187 e. The fourth-order valence-electron chi connectivity index (χ4n) is 6.38. The summed E-state index contributed by atoms with van der Waals surface area (Å²) < 4.78 is 56.8. The second-order valence-electron chi connectivity index (χ2n) is 13.3. The number of rotatable bonds is 12. The Kier molecular flexibility index (Phi) is 13.8. The Labute approximate surface area is 291 Å². The molecule has 0 aromatic rings. The van der Waals surface area contributed by atoms with Crippen LogP contribution in [0.15, 0.2) is 12.7 Å². The topological polar surface area (TPSA) is 315 Å². The lowest BCUT2D eigenvalue weighted by molar-refractivity contribution is -0.389. The SMILES string of the molecule is C=CCO[C@H]1O[C@H](C)[C@H](O)[C@H](O)[C@H]1O[C@@H]1O[C@@H](C)[C@H](O[C@@H]2OC[C@@H](O)[C@H](O[C@@H]3OC[C@H](O)[C@H](O)[C@H]3O)[C@H]2O)[C@@H](O[C@@H]2OC[C@](O)(CO)[C@H]2O)[C@H]1O. The van der Waals surface area contributed by atoms with E-state index in [1.54, 1.807) is 0 Å². The fourth-order valence-corrected chi connectivity index (χ4v) is 6.38. The van der Waals surface area contributed by atoms with Gasteiger partial charge in [-0.1, -0.05) is 6.08 Å². The lowest BCUT2D eigenvalue weighted by Gasteiger charge is -2.49. The monoisotopic (exact) mass is 746 g/mol. The van der Waals surface area contributed by atoms with Crippen molar-refractivity contribution >= 4 is 0 Å². The van der Waals surface area contributed by atoms with Gasteiger partial charge in [0.2, 0.25) is 0 Å². The molecular formula is C30H50O21. The molecule has 0 amide bonds. The summed E-state index contributed by atoms with van der Waals surface area (Å²) in [5.74, 6) is 0. The Bertz CT molecular complexity index is 1120. The van der Waals surface area contributed by atoms with Gasteiger partial charge in [0.15, 0.2) is 31.5 Å².